The maximum absolute atomic E-state index is 12.7. The third-order valence-corrected chi connectivity index (χ3v) is 2.69. The molecule has 1 amide bonds. The van der Waals surface area contributed by atoms with E-state index in [1.807, 2.05) is 0 Å². The molecule has 0 atom stereocenters. The van der Waals surface area contributed by atoms with Gasteiger partial charge in [-0.05, 0) is 18.2 Å². The zero-order valence-electron chi connectivity index (χ0n) is 10.1. The summed E-state index contributed by atoms with van der Waals surface area (Å²) < 4.78 is 39.3. The van der Waals surface area contributed by atoms with Crippen molar-refractivity contribution in [1.82, 2.24) is 15.0 Å². The van der Waals surface area contributed by atoms with E-state index < -0.39 is 22.7 Å². The molecule has 5 nitrogen and oxygen atoms in total. The Hall–Kier alpha value is -2.09. The lowest BCUT2D eigenvalue weighted by Crippen LogP contribution is -2.14. The molecule has 0 saturated carbocycles. The Labute approximate surface area is 116 Å². The molecule has 0 aliphatic carbocycles. The van der Waals surface area contributed by atoms with Crippen molar-refractivity contribution in [3.63, 3.8) is 0 Å². The highest BCUT2D eigenvalue weighted by atomic mass is 35.5. The third kappa shape index (κ3) is 3.08. The SMILES string of the molecule is Cn1cc(C(=O)Nc2ccc(Cl)c(C(F)(F)F)c2)nn1. The minimum absolute atomic E-state index is 0.00370. The molecule has 0 aliphatic rings. The van der Waals surface area contributed by atoms with E-state index in [1.54, 1.807) is 7.05 Å². The molecular weight excluding hydrogens is 297 g/mol. The predicted molar refractivity (Wildman–Crippen MR) is 65.4 cm³/mol. The molecular formula is C11H8ClF3N4O. The molecule has 0 saturated heterocycles. The fraction of sp³-hybridized carbons (Fsp3) is 0.182. The van der Waals surface area contributed by atoms with E-state index in [-0.39, 0.29) is 11.4 Å². The van der Waals surface area contributed by atoms with E-state index in [9.17, 15) is 18.0 Å². The molecule has 1 aromatic carbocycles. The number of aromatic nitrogens is 3. The number of amides is 1. The molecule has 2 aromatic rings. The lowest BCUT2D eigenvalue weighted by atomic mass is 10.2. The van der Waals surface area contributed by atoms with Gasteiger partial charge in [-0.25, -0.2) is 0 Å². The number of hydrogen-bond acceptors (Lipinski definition) is 3. The van der Waals surface area contributed by atoms with Crippen LogP contribution in [0.2, 0.25) is 5.02 Å². The molecule has 2 rings (SSSR count). The lowest BCUT2D eigenvalue weighted by Gasteiger charge is -2.11. The molecule has 106 valence electrons. The number of hydrogen-bond donors (Lipinski definition) is 1. The smallest absolute Gasteiger partial charge is 0.321 e. The summed E-state index contributed by atoms with van der Waals surface area (Å²) >= 11 is 5.48. The Kier molecular flexibility index (Phi) is 3.67. The van der Waals surface area contributed by atoms with Crippen molar-refractivity contribution in [3.05, 3.63) is 40.7 Å². The number of carbonyl (C=O) groups excluding carboxylic acids is 1. The molecule has 20 heavy (non-hydrogen) atoms. The average molecular weight is 305 g/mol. The molecule has 9 heteroatoms. The number of rotatable bonds is 2. The van der Waals surface area contributed by atoms with Crippen LogP contribution in [0.4, 0.5) is 18.9 Å². The van der Waals surface area contributed by atoms with Crippen LogP contribution in [-0.4, -0.2) is 20.9 Å². The zero-order valence-corrected chi connectivity index (χ0v) is 10.8. The summed E-state index contributed by atoms with van der Waals surface area (Å²) in [6.45, 7) is 0. The van der Waals surface area contributed by atoms with Crippen LogP contribution >= 0.6 is 11.6 Å². The van der Waals surface area contributed by atoms with Crippen LogP contribution in [0, 0.1) is 0 Å². The molecule has 1 heterocycles. The van der Waals surface area contributed by atoms with Gasteiger partial charge in [0.15, 0.2) is 5.69 Å². The molecule has 0 aliphatic heterocycles. The van der Waals surface area contributed by atoms with Gasteiger partial charge < -0.3 is 5.32 Å². The zero-order chi connectivity index (χ0) is 14.9. The van der Waals surface area contributed by atoms with E-state index in [0.29, 0.717) is 0 Å². The number of carbonyl (C=O) groups is 1. The maximum atomic E-state index is 12.7. The Morgan fingerprint density at radius 2 is 2.10 bits per heavy atom. The van der Waals surface area contributed by atoms with Gasteiger partial charge in [-0.3, -0.25) is 9.48 Å². The van der Waals surface area contributed by atoms with Crippen LogP contribution < -0.4 is 5.32 Å². The number of anilines is 1. The largest absolute Gasteiger partial charge is 0.417 e. The fourth-order valence-electron chi connectivity index (χ4n) is 1.47. The van der Waals surface area contributed by atoms with E-state index >= 15 is 0 Å². The molecule has 0 fully saturated rings. The predicted octanol–water partition coefficient (Wildman–Crippen LogP) is 2.74. The van der Waals surface area contributed by atoms with E-state index in [0.717, 1.165) is 12.1 Å². The number of alkyl halides is 3. The summed E-state index contributed by atoms with van der Waals surface area (Å²) in [5.41, 5.74) is -1.05. The van der Waals surface area contributed by atoms with Gasteiger partial charge in [0.1, 0.15) is 0 Å². The molecule has 1 N–H and O–H groups in total. The number of halogens is 4. The highest BCUT2D eigenvalue weighted by Crippen LogP contribution is 2.36. The summed E-state index contributed by atoms with van der Waals surface area (Å²) in [7, 11) is 1.56. The Morgan fingerprint density at radius 1 is 1.40 bits per heavy atom. The van der Waals surface area contributed by atoms with Crippen molar-refractivity contribution < 1.29 is 18.0 Å². The first-order valence-corrected chi connectivity index (χ1v) is 5.69. The van der Waals surface area contributed by atoms with Crippen molar-refractivity contribution in [2.75, 3.05) is 5.32 Å². The van der Waals surface area contributed by atoms with Gasteiger partial charge in [0.05, 0.1) is 16.8 Å². The van der Waals surface area contributed by atoms with Gasteiger partial charge in [0, 0.05) is 12.7 Å². The normalized spacial score (nSPS) is 11.4. The van der Waals surface area contributed by atoms with Crippen molar-refractivity contribution in [1.29, 1.82) is 0 Å². The highest BCUT2D eigenvalue weighted by Gasteiger charge is 2.33. The van der Waals surface area contributed by atoms with Crippen molar-refractivity contribution in [2.24, 2.45) is 7.05 Å². The molecule has 0 spiro atoms. The van der Waals surface area contributed by atoms with Gasteiger partial charge in [-0.15, -0.1) is 5.10 Å². The van der Waals surface area contributed by atoms with Crippen molar-refractivity contribution in [2.45, 2.75) is 6.18 Å². The fourth-order valence-corrected chi connectivity index (χ4v) is 1.69. The van der Waals surface area contributed by atoms with Gasteiger partial charge in [0.2, 0.25) is 0 Å². The second kappa shape index (κ2) is 5.12. The van der Waals surface area contributed by atoms with E-state index in [4.69, 9.17) is 11.6 Å². The molecule has 0 bridgehead atoms. The lowest BCUT2D eigenvalue weighted by molar-refractivity contribution is -0.137. The monoisotopic (exact) mass is 304 g/mol. The average Bonchev–Trinajstić information content (AvgIpc) is 2.77. The quantitative estimate of drug-likeness (QED) is 0.928. The van der Waals surface area contributed by atoms with Crippen molar-refractivity contribution >= 4 is 23.2 Å². The summed E-state index contributed by atoms with van der Waals surface area (Å²) in [5, 5.41) is 8.97. The van der Waals surface area contributed by atoms with Gasteiger partial charge in [-0.1, -0.05) is 16.8 Å². The minimum atomic E-state index is -4.59. The molecule has 0 unspecified atom stereocenters. The number of benzene rings is 1. The number of nitrogens with zero attached hydrogens (tertiary/aromatic N) is 3. The van der Waals surface area contributed by atoms with Crippen LogP contribution in [0.1, 0.15) is 16.1 Å². The second-order valence-corrected chi connectivity index (χ2v) is 4.33. The van der Waals surface area contributed by atoms with Gasteiger partial charge >= 0.3 is 6.18 Å². The van der Waals surface area contributed by atoms with Crippen LogP contribution in [-0.2, 0) is 13.2 Å². The standard InChI is InChI=1S/C11H8ClF3N4O/c1-19-5-9(17-18-19)10(20)16-6-2-3-8(12)7(4-6)11(13,14)15/h2-5H,1H3,(H,16,20). The van der Waals surface area contributed by atoms with E-state index in [1.165, 1.54) is 16.9 Å². The maximum Gasteiger partial charge on any atom is 0.417 e. The van der Waals surface area contributed by atoms with Crippen LogP contribution in [0.25, 0.3) is 0 Å². The topological polar surface area (TPSA) is 59.8 Å². The van der Waals surface area contributed by atoms with Crippen LogP contribution in [0.15, 0.2) is 24.4 Å². The first kappa shape index (κ1) is 14.3. The Morgan fingerprint density at radius 3 is 2.65 bits per heavy atom. The summed E-state index contributed by atoms with van der Waals surface area (Å²) in [6.07, 6.45) is -3.25. The number of aryl methyl sites for hydroxylation is 1. The third-order valence-electron chi connectivity index (χ3n) is 2.36. The highest BCUT2D eigenvalue weighted by molar-refractivity contribution is 6.31. The van der Waals surface area contributed by atoms with Crippen LogP contribution in [0.3, 0.4) is 0 Å². The first-order valence-electron chi connectivity index (χ1n) is 5.32. The first-order chi connectivity index (χ1) is 9.27. The van der Waals surface area contributed by atoms with E-state index in [2.05, 4.69) is 15.6 Å². The molecule has 1 aromatic heterocycles. The summed E-state index contributed by atoms with van der Waals surface area (Å²) in [6, 6.07) is 3.10. The summed E-state index contributed by atoms with van der Waals surface area (Å²) in [4.78, 5) is 11.7. The van der Waals surface area contributed by atoms with Crippen molar-refractivity contribution in [3.8, 4) is 0 Å². The second-order valence-electron chi connectivity index (χ2n) is 3.92. The van der Waals surface area contributed by atoms with Crippen LogP contribution in [0.5, 0.6) is 0 Å². The Balaban J connectivity index is 2.24. The minimum Gasteiger partial charge on any atom is -0.321 e. The Bertz CT molecular complexity index is 653. The van der Waals surface area contributed by atoms with Gasteiger partial charge in [0.25, 0.3) is 5.91 Å². The number of nitrogens with one attached hydrogen (secondary N) is 1. The van der Waals surface area contributed by atoms with Gasteiger partial charge in [-0.2, -0.15) is 13.2 Å². The summed E-state index contributed by atoms with van der Waals surface area (Å²) in [5.74, 6) is -0.659. The molecule has 0 radical (unpaired) electrons.